The standard InChI is InChI=1S/C24H13BrN2O3/c25-16-13-18-17(12-15(16)22-11-14-5-1-2-6-19(14)30-22)26-23(20-7-3-9-28-20)24(27-18)21-8-4-10-29-21/h1-13H. The summed E-state index contributed by atoms with van der Waals surface area (Å²) in [7, 11) is 0. The Morgan fingerprint density at radius 3 is 1.97 bits per heavy atom. The first kappa shape index (κ1) is 17.2. The monoisotopic (exact) mass is 456 g/mol. The minimum atomic E-state index is 0.625. The van der Waals surface area contributed by atoms with E-state index in [0.717, 1.165) is 37.8 Å². The van der Waals surface area contributed by atoms with Crippen LogP contribution in [0.1, 0.15) is 0 Å². The summed E-state index contributed by atoms with van der Waals surface area (Å²) in [5.74, 6) is 2.03. The molecule has 6 aromatic rings. The van der Waals surface area contributed by atoms with Crippen LogP contribution < -0.4 is 0 Å². The van der Waals surface area contributed by atoms with Gasteiger partial charge in [0.05, 0.1) is 23.6 Å². The van der Waals surface area contributed by atoms with Crippen LogP contribution >= 0.6 is 15.9 Å². The Bertz CT molecular complexity index is 1470. The molecule has 0 saturated heterocycles. The second-order valence-corrected chi connectivity index (χ2v) is 7.70. The lowest BCUT2D eigenvalue weighted by Crippen LogP contribution is -1.95. The van der Waals surface area contributed by atoms with Crippen LogP contribution in [-0.2, 0) is 0 Å². The molecule has 0 bridgehead atoms. The van der Waals surface area contributed by atoms with Gasteiger partial charge in [0.15, 0.2) is 11.5 Å². The molecule has 0 radical (unpaired) electrons. The zero-order valence-electron chi connectivity index (χ0n) is 15.5. The predicted octanol–water partition coefficient (Wildman–Crippen LogP) is 7.33. The smallest absolute Gasteiger partial charge is 0.154 e. The molecule has 0 atom stereocenters. The first-order valence-corrected chi connectivity index (χ1v) is 10.1. The Kier molecular flexibility index (Phi) is 3.86. The van der Waals surface area contributed by atoms with Gasteiger partial charge in [0, 0.05) is 15.4 Å². The summed E-state index contributed by atoms with van der Waals surface area (Å²) in [6.07, 6.45) is 3.24. The summed E-state index contributed by atoms with van der Waals surface area (Å²) in [5.41, 5.74) is 4.48. The molecular weight excluding hydrogens is 444 g/mol. The van der Waals surface area contributed by atoms with Crippen molar-refractivity contribution in [2.45, 2.75) is 0 Å². The summed E-state index contributed by atoms with van der Waals surface area (Å²) < 4.78 is 18.1. The van der Waals surface area contributed by atoms with Crippen molar-refractivity contribution in [2.24, 2.45) is 0 Å². The van der Waals surface area contributed by atoms with Gasteiger partial charge in [0.2, 0.25) is 0 Å². The van der Waals surface area contributed by atoms with Crippen molar-refractivity contribution in [1.82, 2.24) is 9.97 Å². The third-order valence-electron chi connectivity index (χ3n) is 4.95. The number of hydrogen-bond acceptors (Lipinski definition) is 5. The van der Waals surface area contributed by atoms with E-state index in [0.29, 0.717) is 22.9 Å². The average Bonchev–Trinajstić information content (AvgIpc) is 3.54. The number of rotatable bonds is 3. The van der Waals surface area contributed by atoms with Gasteiger partial charge in [-0.2, -0.15) is 0 Å². The molecule has 6 heteroatoms. The van der Waals surface area contributed by atoms with Crippen LogP contribution in [0, 0.1) is 0 Å². The van der Waals surface area contributed by atoms with Crippen LogP contribution in [0.4, 0.5) is 0 Å². The van der Waals surface area contributed by atoms with Crippen LogP contribution in [0.25, 0.3) is 56.2 Å². The van der Waals surface area contributed by atoms with Gasteiger partial charge in [-0.25, -0.2) is 9.97 Å². The fourth-order valence-electron chi connectivity index (χ4n) is 3.55. The van der Waals surface area contributed by atoms with E-state index in [1.165, 1.54) is 0 Å². The van der Waals surface area contributed by atoms with Crippen molar-refractivity contribution >= 4 is 37.9 Å². The lowest BCUT2D eigenvalue weighted by atomic mass is 10.1. The van der Waals surface area contributed by atoms with Gasteiger partial charge in [-0.1, -0.05) is 18.2 Å². The summed E-state index contributed by atoms with van der Waals surface area (Å²) in [6.45, 7) is 0. The molecule has 0 spiro atoms. The average molecular weight is 457 g/mol. The molecule has 0 N–H and O–H groups in total. The molecule has 0 saturated carbocycles. The maximum Gasteiger partial charge on any atom is 0.154 e. The zero-order valence-corrected chi connectivity index (χ0v) is 17.1. The first-order chi connectivity index (χ1) is 14.8. The summed E-state index contributed by atoms with van der Waals surface area (Å²) in [5, 5.41) is 1.05. The second kappa shape index (κ2) is 6.71. The van der Waals surface area contributed by atoms with E-state index in [1.807, 2.05) is 66.7 Å². The van der Waals surface area contributed by atoms with Gasteiger partial charge in [-0.3, -0.25) is 0 Å². The van der Waals surface area contributed by atoms with Gasteiger partial charge in [-0.05, 0) is 64.5 Å². The Morgan fingerprint density at radius 1 is 0.667 bits per heavy atom. The fourth-order valence-corrected chi connectivity index (χ4v) is 4.08. The quantitative estimate of drug-likeness (QED) is 0.279. The largest absolute Gasteiger partial charge is 0.463 e. The number of aromatic nitrogens is 2. The number of furan rings is 3. The number of para-hydroxylation sites is 1. The van der Waals surface area contributed by atoms with Gasteiger partial charge >= 0.3 is 0 Å². The summed E-state index contributed by atoms with van der Waals surface area (Å²) >= 11 is 3.67. The molecule has 6 rings (SSSR count). The maximum absolute atomic E-state index is 6.06. The molecule has 0 aliphatic heterocycles. The number of nitrogens with zero attached hydrogens (tertiary/aromatic N) is 2. The number of hydrogen-bond donors (Lipinski definition) is 0. The van der Waals surface area contributed by atoms with Crippen LogP contribution in [0.2, 0.25) is 0 Å². The fraction of sp³-hybridized carbons (Fsp3) is 0. The molecule has 5 nitrogen and oxygen atoms in total. The van der Waals surface area contributed by atoms with Crippen LogP contribution in [0.5, 0.6) is 0 Å². The first-order valence-electron chi connectivity index (χ1n) is 9.34. The minimum Gasteiger partial charge on any atom is -0.463 e. The lowest BCUT2D eigenvalue weighted by Gasteiger charge is -2.09. The van der Waals surface area contributed by atoms with Gasteiger partial charge in [0.25, 0.3) is 0 Å². The van der Waals surface area contributed by atoms with Crippen LogP contribution in [0.15, 0.2) is 97.0 Å². The Hall–Kier alpha value is -3.64. The molecule has 0 unspecified atom stereocenters. The molecule has 0 aliphatic rings. The SMILES string of the molecule is Brc1cc2nc(-c3ccco3)c(-c3ccco3)nc2cc1-c1cc2ccccc2o1. The highest BCUT2D eigenvalue weighted by Gasteiger charge is 2.19. The van der Waals surface area contributed by atoms with Crippen molar-refractivity contribution in [1.29, 1.82) is 0 Å². The van der Waals surface area contributed by atoms with Crippen molar-refractivity contribution in [3.05, 3.63) is 83.7 Å². The zero-order chi connectivity index (χ0) is 20.1. The van der Waals surface area contributed by atoms with E-state index in [-0.39, 0.29) is 0 Å². The van der Waals surface area contributed by atoms with E-state index in [9.17, 15) is 0 Å². The van der Waals surface area contributed by atoms with E-state index < -0.39 is 0 Å². The van der Waals surface area contributed by atoms with Crippen molar-refractivity contribution in [2.75, 3.05) is 0 Å². The third-order valence-corrected chi connectivity index (χ3v) is 5.61. The number of halogens is 1. The molecular formula is C24H13BrN2O3. The van der Waals surface area contributed by atoms with Crippen molar-refractivity contribution in [3.63, 3.8) is 0 Å². The molecule has 4 heterocycles. The Morgan fingerprint density at radius 2 is 1.33 bits per heavy atom. The molecule has 144 valence electrons. The Labute approximate surface area is 179 Å². The van der Waals surface area contributed by atoms with Gasteiger partial charge < -0.3 is 13.3 Å². The minimum absolute atomic E-state index is 0.625. The van der Waals surface area contributed by atoms with E-state index in [2.05, 4.69) is 15.9 Å². The highest BCUT2D eigenvalue weighted by atomic mass is 79.9. The molecule has 2 aromatic carbocycles. The predicted molar refractivity (Wildman–Crippen MR) is 118 cm³/mol. The Balaban J connectivity index is 1.59. The number of fused-ring (bicyclic) bond motifs is 2. The third kappa shape index (κ3) is 2.76. The van der Waals surface area contributed by atoms with Crippen molar-refractivity contribution < 1.29 is 13.3 Å². The lowest BCUT2D eigenvalue weighted by molar-refractivity contribution is 0.572. The summed E-state index contributed by atoms with van der Waals surface area (Å²) in [6, 6.07) is 21.3. The van der Waals surface area contributed by atoms with Crippen molar-refractivity contribution in [3.8, 4) is 34.2 Å². The van der Waals surface area contributed by atoms with Gasteiger partial charge in [0.1, 0.15) is 22.7 Å². The highest BCUT2D eigenvalue weighted by Crippen LogP contribution is 2.37. The topological polar surface area (TPSA) is 65.2 Å². The number of benzene rings is 2. The van der Waals surface area contributed by atoms with Crippen LogP contribution in [-0.4, -0.2) is 9.97 Å². The normalized spacial score (nSPS) is 11.5. The molecule has 30 heavy (non-hydrogen) atoms. The maximum atomic E-state index is 6.06. The van der Waals surface area contributed by atoms with E-state index in [4.69, 9.17) is 23.2 Å². The molecule has 0 aliphatic carbocycles. The molecule has 0 fully saturated rings. The molecule has 4 aromatic heterocycles. The highest BCUT2D eigenvalue weighted by molar-refractivity contribution is 9.10. The second-order valence-electron chi connectivity index (χ2n) is 6.84. The van der Waals surface area contributed by atoms with E-state index >= 15 is 0 Å². The van der Waals surface area contributed by atoms with E-state index in [1.54, 1.807) is 12.5 Å². The van der Waals surface area contributed by atoms with Crippen LogP contribution in [0.3, 0.4) is 0 Å². The molecule has 0 amide bonds. The van der Waals surface area contributed by atoms with Gasteiger partial charge in [-0.15, -0.1) is 0 Å². The summed E-state index contributed by atoms with van der Waals surface area (Å²) in [4.78, 5) is 9.71.